The second-order valence-electron chi connectivity index (χ2n) is 7.04. The summed E-state index contributed by atoms with van der Waals surface area (Å²) in [6.07, 6.45) is 2.62. The highest BCUT2D eigenvalue weighted by molar-refractivity contribution is 7.89. The van der Waals surface area contributed by atoms with Crippen molar-refractivity contribution in [2.45, 2.75) is 24.3 Å². The van der Waals surface area contributed by atoms with Crippen molar-refractivity contribution in [3.8, 4) is 5.75 Å². The van der Waals surface area contributed by atoms with Gasteiger partial charge < -0.3 is 5.11 Å². The van der Waals surface area contributed by atoms with Crippen molar-refractivity contribution in [1.82, 2.24) is 9.78 Å². The molecule has 0 aliphatic carbocycles. The Morgan fingerprint density at radius 1 is 1.10 bits per heavy atom. The molecule has 8 nitrogen and oxygen atoms in total. The van der Waals surface area contributed by atoms with Crippen LogP contribution in [0.15, 0.2) is 64.7 Å². The number of nitrogens with zero attached hydrogens (tertiary/aromatic N) is 4. The topological polar surface area (TPSA) is 114 Å². The lowest BCUT2D eigenvalue weighted by Crippen LogP contribution is -2.19. The molecule has 1 atom stereocenters. The highest BCUT2D eigenvalue weighted by Gasteiger charge is 2.32. The van der Waals surface area contributed by atoms with Crippen LogP contribution in [0.2, 0.25) is 0 Å². The summed E-state index contributed by atoms with van der Waals surface area (Å²) >= 11 is 0. The average Bonchev–Trinajstić information content (AvgIpc) is 3.24. The number of nitrogens with two attached hydrogens (primary N) is 1. The number of aryl methyl sites for hydroxylation is 2. The quantitative estimate of drug-likeness (QED) is 0.684. The van der Waals surface area contributed by atoms with Crippen molar-refractivity contribution < 1.29 is 13.5 Å². The summed E-state index contributed by atoms with van der Waals surface area (Å²) in [4.78, 5) is 0.0530. The molecule has 1 aliphatic heterocycles. The third-order valence-corrected chi connectivity index (χ3v) is 5.88. The van der Waals surface area contributed by atoms with Crippen LogP contribution >= 0.6 is 0 Å². The molecule has 4 rings (SSSR count). The Morgan fingerprint density at radius 2 is 1.76 bits per heavy atom. The normalized spacial score (nSPS) is 16.9. The molecule has 2 aromatic carbocycles. The fourth-order valence-corrected chi connectivity index (χ4v) is 4.07. The van der Waals surface area contributed by atoms with Gasteiger partial charge in [-0.05, 0) is 61.0 Å². The second-order valence-corrected chi connectivity index (χ2v) is 8.60. The molecule has 0 saturated carbocycles. The van der Waals surface area contributed by atoms with Crippen LogP contribution in [0.25, 0.3) is 0 Å². The molecule has 0 radical (unpaired) electrons. The zero-order valence-electron chi connectivity index (χ0n) is 16.0. The van der Waals surface area contributed by atoms with E-state index in [-0.39, 0.29) is 16.7 Å². The molecule has 3 N–H and O–H groups in total. The van der Waals surface area contributed by atoms with E-state index in [1.54, 1.807) is 28.9 Å². The van der Waals surface area contributed by atoms with Crippen LogP contribution in [-0.4, -0.2) is 29.0 Å². The number of phenolic OH excluding ortho intramolecular Hbond substituents is 1. The van der Waals surface area contributed by atoms with Gasteiger partial charge in [0.05, 0.1) is 28.0 Å². The molecule has 1 aliphatic rings. The van der Waals surface area contributed by atoms with Crippen molar-refractivity contribution in [2.24, 2.45) is 17.3 Å². The molecular formula is C20H21N5O3S. The van der Waals surface area contributed by atoms with Crippen LogP contribution in [0.3, 0.4) is 0 Å². The van der Waals surface area contributed by atoms with Gasteiger partial charge in [-0.25, -0.2) is 13.6 Å². The summed E-state index contributed by atoms with van der Waals surface area (Å²) in [5.74, 6) is 0.197. The van der Waals surface area contributed by atoms with Gasteiger partial charge in [0.2, 0.25) is 10.0 Å². The maximum absolute atomic E-state index is 11.6. The average molecular weight is 411 g/mol. The van der Waals surface area contributed by atoms with E-state index >= 15 is 0 Å². The first kappa shape index (κ1) is 19.2. The summed E-state index contributed by atoms with van der Waals surface area (Å²) in [5, 5.41) is 25.9. The van der Waals surface area contributed by atoms with E-state index in [4.69, 9.17) is 10.2 Å². The maximum atomic E-state index is 11.6. The Balaban J connectivity index is 1.77. The molecule has 0 spiro atoms. The summed E-state index contributed by atoms with van der Waals surface area (Å²) in [6, 6.07) is 13.2. The number of rotatable bonds is 4. The zero-order chi connectivity index (χ0) is 20.8. The predicted molar refractivity (Wildman–Crippen MR) is 110 cm³/mol. The van der Waals surface area contributed by atoms with Crippen LogP contribution in [0.1, 0.15) is 29.3 Å². The number of primary sulfonamides is 1. The predicted octanol–water partition coefficient (Wildman–Crippen LogP) is 2.44. The van der Waals surface area contributed by atoms with E-state index in [1.807, 2.05) is 37.3 Å². The minimum absolute atomic E-state index is 0.0530. The number of phenols is 1. The van der Waals surface area contributed by atoms with Crippen LogP contribution in [-0.2, 0) is 17.1 Å². The molecule has 0 bridgehead atoms. The van der Waals surface area contributed by atoms with Crippen LogP contribution < -0.4 is 10.1 Å². The Kier molecular flexibility index (Phi) is 4.64. The maximum Gasteiger partial charge on any atom is 0.238 e. The number of aromatic nitrogens is 2. The van der Waals surface area contributed by atoms with Gasteiger partial charge >= 0.3 is 0 Å². The van der Waals surface area contributed by atoms with Crippen molar-refractivity contribution in [1.29, 1.82) is 0 Å². The lowest BCUT2D eigenvalue weighted by molar-refractivity contribution is 0.475. The molecule has 1 aromatic heterocycles. The fourth-order valence-electron chi connectivity index (χ4n) is 3.55. The molecular weight excluding hydrogens is 390 g/mol. The molecule has 29 heavy (non-hydrogen) atoms. The summed E-state index contributed by atoms with van der Waals surface area (Å²) < 4.78 is 24.9. The van der Waals surface area contributed by atoms with Gasteiger partial charge in [0, 0.05) is 25.2 Å². The smallest absolute Gasteiger partial charge is 0.238 e. The van der Waals surface area contributed by atoms with Gasteiger partial charge in [0.1, 0.15) is 5.75 Å². The summed E-state index contributed by atoms with van der Waals surface area (Å²) in [5.41, 5.74) is 4.48. The van der Waals surface area contributed by atoms with E-state index in [0.717, 1.165) is 28.2 Å². The Morgan fingerprint density at radius 3 is 2.31 bits per heavy atom. The van der Waals surface area contributed by atoms with Crippen molar-refractivity contribution in [3.63, 3.8) is 0 Å². The van der Waals surface area contributed by atoms with Gasteiger partial charge in [0.25, 0.3) is 0 Å². The molecule has 0 saturated heterocycles. The first-order chi connectivity index (χ1) is 13.7. The minimum Gasteiger partial charge on any atom is -0.508 e. The van der Waals surface area contributed by atoms with Gasteiger partial charge in [-0.2, -0.15) is 10.2 Å². The minimum atomic E-state index is -3.76. The number of sulfonamides is 1. The van der Waals surface area contributed by atoms with Gasteiger partial charge in [0.15, 0.2) is 0 Å². The first-order valence-electron chi connectivity index (χ1n) is 9.01. The number of benzene rings is 2. The monoisotopic (exact) mass is 411 g/mol. The summed E-state index contributed by atoms with van der Waals surface area (Å²) in [6.45, 7) is 1.95. The number of aromatic hydroxyl groups is 1. The number of hydrogen-bond acceptors (Lipinski definition) is 6. The van der Waals surface area contributed by atoms with Gasteiger partial charge in [-0.3, -0.25) is 9.69 Å². The Hall–Kier alpha value is -3.17. The van der Waals surface area contributed by atoms with Gasteiger partial charge in [-0.15, -0.1) is 0 Å². The Labute approximate surface area is 168 Å². The third kappa shape index (κ3) is 3.74. The van der Waals surface area contributed by atoms with E-state index in [0.29, 0.717) is 6.42 Å². The van der Waals surface area contributed by atoms with Crippen LogP contribution in [0.5, 0.6) is 5.75 Å². The third-order valence-electron chi connectivity index (χ3n) is 4.95. The second kappa shape index (κ2) is 7.02. The van der Waals surface area contributed by atoms with Gasteiger partial charge in [-0.1, -0.05) is 0 Å². The summed E-state index contributed by atoms with van der Waals surface area (Å²) in [7, 11) is -1.89. The van der Waals surface area contributed by atoms with E-state index in [1.165, 1.54) is 12.1 Å². The molecule has 150 valence electrons. The molecule has 2 heterocycles. The van der Waals surface area contributed by atoms with Crippen LogP contribution in [0.4, 0.5) is 5.69 Å². The fraction of sp³-hybridized carbons (Fsp3) is 0.200. The number of hydrogen-bond donors (Lipinski definition) is 2. The molecule has 1 unspecified atom stereocenters. The Bertz CT molecular complexity index is 1180. The SMILES string of the molecule is Cc1nn(C)cc1C1CC(c2ccc(O)cc2)=NN1c1ccc(S(N)(=O)=O)cc1. The van der Waals surface area contributed by atoms with Crippen molar-refractivity contribution >= 4 is 21.4 Å². The van der Waals surface area contributed by atoms with Crippen molar-refractivity contribution in [3.05, 3.63) is 71.5 Å². The lowest BCUT2D eigenvalue weighted by Gasteiger charge is -2.23. The molecule has 3 aromatic rings. The number of anilines is 1. The first-order valence-corrected chi connectivity index (χ1v) is 10.6. The molecule has 9 heteroatoms. The zero-order valence-corrected chi connectivity index (χ0v) is 16.8. The highest BCUT2D eigenvalue weighted by atomic mass is 32.2. The highest BCUT2D eigenvalue weighted by Crippen LogP contribution is 2.38. The van der Waals surface area contributed by atoms with E-state index in [9.17, 15) is 13.5 Å². The largest absolute Gasteiger partial charge is 0.508 e. The molecule has 0 amide bonds. The number of hydrazone groups is 1. The standard InChI is InChI=1S/C20H21N5O3S/c1-13-18(12-24(2)22-13)20-11-19(14-3-7-16(26)8-4-14)23-25(20)15-5-9-17(10-6-15)29(21,27)28/h3-10,12,20,26H,11H2,1-2H3,(H2,21,27,28). The van der Waals surface area contributed by atoms with Crippen LogP contribution in [0, 0.1) is 6.92 Å². The van der Waals surface area contributed by atoms with Crippen molar-refractivity contribution in [2.75, 3.05) is 5.01 Å². The van der Waals surface area contributed by atoms with E-state index < -0.39 is 10.0 Å². The molecule has 0 fully saturated rings. The lowest BCUT2D eigenvalue weighted by atomic mass is 9.98. The van der Waals surface area contributed by atoms with E-state index in [2.05, 4.69) is 5.10 Å².